The zero-order valence-electron chi connectivity index (χ0n) is 20.1. The largest absolute Gasteiger partial charge is 0.490 e. The smallest absolute Gasteiger partial charge is 0.481 e. The highest BCUT2D eigenvalue weighted by atomic mass is 31.3. The summed E-state index contributed by atoms with van der Waals surface area (Å²) in [6.45, 7) is -1.07. The van der Waals surface area contributed by atoms with Crippen LogP contribution in [0.3, 0.4) is 0 Å². The lowest BCUT2D eigenvalue weighted by Crippen LogP contribution is -2.34. The van der Waals surface area contributed by atoms with Crippen LogP contribution in [0.4, 0.5) is 10.2 Å². The number of amides is 1. The summed E-state index contributed by atoms with van der Waals surface area (Å²) in [5.41, 5.74) is 4.84. The van der Waals surface area contributed by atoms with Gasteiger partial charge in [-0.25, -0.2) is 22.9 Å². The summed E-state index contributed by atoms with van der Waals surface area (Å²) in [4.78, 5) is 73.7. The fourth-order valence-electron chi connectivity index (χ4n) is 3.25. The van der Waals surface area contributed by atoms with Crippen LogP contribution >= 0.6 is 23.5 Å². The molecule has 1 amide bonds. The van der Waals surface area contributed by atoms with Crippen molar-refractivity contribution in [2.45, 2.75) is 50.3 Å². The fraction of sp³-hybridized carbons (Fsp3) is 0.625. The molecule has 1 aromatic heterocycles. The topological polar surface area (TPSA) is 317 Å². The molecule has 0 radical (unpaired) electrons. The highest BCUT2D eigenvalue weighted by Crippen LogP contribution is 2.66. The molecule has 1 aromatic rings. The first-order chi connectivity index (χ1) is 18.3. The number of nitrogens with two attached hydrogens (primary N) is 1. The average molecular weight is 642 g/mol. The van der Waals surface area contributed by atoms with Gasteiger partial charge in [0.2, 0.25) is 5.91 Å². The van der Waals surface area contributed by atoms with Crippen molar-refractivity contribution in [1.29, 1.82) is 0 Å². The monoisotopic (exact) mass is 642 g/mol. The Hall–Kier alpha value is -2.12. The Morgan fingerprint density at radius 2 is 1.80 bits per heavy atom. The lowest BCUT2D eigenvalue weighted by atomic mass is 10.1. The van der Waals surface area contributed by atoms with Gasteiger partial charge in [-0.1, -0.05) is 0 Å². The molecular weight excluding hydrogens is 616 g/mol. The Morgan fingerprint density at radius 1 is 1.15 bits per heavy atom. The zero-order valence-corrected chi connectivity index (χ0v) is 22.8. The van der Waals surface area contributed by atoms with E-state index in [0.717, 1.165) is 6.20 Å². The van der Waals surface area contributed by atoms with E-state index in [-0.39, 0.29) is 43.6 Å². The van der Waals surface area contributed by atoms with Gasteiger partial charge in [0.05, 0.1) is 13.0 Å². The lowest BCUT2D eigenvalue weighted by molar-refractivity contribution is -0.138. The van der Waals surface area contributed by atoms with Crippen molar-refractivity contribution in [3.8, 4) is 0 Å². The summed E-state index contributed by atoms with van der Waals surface area (Å²) >= 11 is 0. The SMILES string of the molecule is Nc1nc(=O)n([C@@H]2O[C@H](COP(=O)(O)OP(=O)(O)OP(=O)(O)O)[C@@H](O)[C@H]2F)cc1CCCNC(=O)CCC(=O)O. The van der Waals surface area contributed by atoms with E-state index in [1.165, 1.54) is 0 Å². The number of phosphoric ester groups is 1. The Morgan fingerprint density at radius 3 is 2.40 bits per heavy atom. The van der Waals surface area contributed by atoms with Crippen LogP contribution in [-0.2, 0) is 47.6 Å². The van der Waals surface area contributed by atoms with Crippen LogP contribution in [0.1, 0.15) is 31.1 Å². The van der Waals surface area contributed by atoms with E-state index in [1.54, 1.807) is 0 Å². The van der Waals surface area contributed by atoms with Crippen LogP contribution < -0.4 is 16.7 Å². The molecule has 20 nitrogen and oxygen atoms in total. The lowest BCUT2D eigenvalue weighted by Gasteiger charge is -2.19. The van der Waals surface area contributed by atoms with Gasteiger partial charge in [0.25, 0.3) is 0 Å². The number of nitrogens with zero attached hydrogens (tertiary/aromatic N) is 2. The molecule has 2 rings (SSSR count). The second-order valence-corrected chi connectivity index (χ2v) is 12.5. The first-order valence-corrected chi connectivity index (χ1v) is 15.4. The minimum atomic E-state index is -5.82. The molecule has 0 saturated carbocycles. The van der Waals surface area contributed by atoms with Gasteiger partial charge in [-0.05, 0) is 12.8 Å². The van der Waals surface area contributed by atoms with E-state index in [1.807, 2.05) is 0 Å². The number of hydrogen-bond donors (Lipinski definition) is 8. The van der Waals surface area contributed by atoms with Crippen molar-refractivity contribution in [3.05, 3.63) is 22.2 Å². The number of carbonyl (C=O) groups excluding carboxylic acids is 1. The number of aliphatic hydroxyl groups is 1. The first-order valence-electron chi connectivity index (χ1n) is 10.9. The minimum Gasteiger partial charge on any atom is -0.481 e. The maximum absolute atomic E-state index is 14.8. The first kappa shape index (κ1) is 34.1. The maximum atomic E-state index is 14.8. The molecule has 40 heavy (non-hydrogen) atoms. The quantitative estimate of drug-likeness (QED) is 0.0812. The summed E-state index contributed by atoms with van der Waals surface area (Å²) in [6, 6.07) is 0. The Bertz CT molecular complexity index is 1290. The number of anilines is 1. The predicted molar refractivity (Wildman–Crippen MR) is 126 cm³/mol. The molecule has 0 aliphatic carbocycles. The average Bonchev–Trinajstić information content (AvgIpc) is 3.06. The normalized spacial score (nSPS) is 24.2. The Kier molecular flexibility index (Phi) is 11.7. The number of aromatic nitrogens is 2. The summed E-state index contributed by atoms with van der Waals surface area (Å²) in [5, 5.41) is 21.2. The van der Waals surface area contributed by atoms with Crippen LogP contribution in [0.15, 0.2) is 11.0 Å². The molecule has 6 atom stereocenters. The van der Waals surface area contributed by atoms with E-state index >= 15 is 0 Å². The van der Waals surface area contributed by atoms with Gasteiger partial charge in [-0.15, -0.1) is 0 Å². The number of ether oxygens (including phenoxy) is 1. The van der Waals surface area contributed by atoms with Crippen LogP contribution in [0, 0.1) is 0 Å². The molecule has 1 aliphatic rings. The molecule has 0 spiro atoms. The molecule has 0 aromatic carbocycles. The summed E-state index contributed by atoms with van der Waals surface area (Å²) in [6.07, 6.45) is -7.17. The van der Waals surface area contributed by atoms with Crippen molar-refractivity contribution in [2.75, 3.05) is 18.9 Å². The number of hydrogen-bond acceptors (Lipinski definition) is 13. The van der Waals surface area contributed by atoms with Crippen molar-refractivity contribution in [3.63, 3.8) is 0 Å². The number of phosphoric acid groups is 3. The van der Waals surface area contributed by atoms with Gasteiger partial charge in [0, 0.05) is 24.7 Å². The number of aryl methyl sites for hydroxylation is 1. The molecule has 1 fully saturated rings. The van der Waals surface area contributed by atoms with Crippen molar-refractivity contribution in [2.24, 2.45) is 0 Å². The highest BCUT2D eigenvalue weighted by Gasteiger charge is 2.48. The fourth-order valence-corrected chi connectivity index (χ4v) is 6.28. The number of rotatable bonds is 15. The Labute approximate surface area is 223 Å². The minimum absolute atomic E-state index is 0.101. The van der Waals surface area contributed by atoms with Crippen LogP contribution in [0.25, 0.3) is 0 Å². The Balaban J connectivity index is 2.03. The van der Waals surface area contributed by atoms with Gasteiger partial charge in [-0.2, -0.15) is 13.6 Å². The second kappa shape index (κ2) is 13.7. The third-order valence-electron chi connectivity index (χ3n) is 4.96. The number of carbonyl (C=O) groups is 2. The van der Waals surface area contributed by atoms with Crippen LogP contribution in [0.5, 0.6) is 0 Å². The summed E-state index contributed by atoms with van der Waals surface area (Å²) in [7, 11) is -17.0. The second-order valence-electron chi connectivity index (χ2n) is 8.08. The van der Waals surface area contributed by atoms with E-state index < -0.39 is 72.2 Å². The van der Waals surface area contributed by atoms with Crippen LogP contribution in [0.2, 0.25) is 0 Å². The number of halogens is 1. The third kappa shape index (κ3) is 10.7. The highest BCUT2D eigenvalue weighted by molar-refractivity contribution is 7.66. The van der Waals surface area contributed by atoms with E-state index in [2.05, 4.69) is 23.4 Å². The zero-order chi connectivity index (χ0) is 30.5. The predicted octanol–water partition coefficient (Wildman–Crippen LogP) is -1.32. The van der Waals surface area contributed by atoms with Gasteiger partial charge < -0.3 is 45.6 Å². The van der Waals surface area contributed by atoms with E-state index in [4.69, 9.17) is 30.3 Å². The molecule has 228 valence electrons. The van der Waals surface area contributed by atoms with Gasteiger partial charge in [-0.3, -0.25) is 18.7 Å². The van der Waals surface area contributed by atoms with E-state index in [0.29, 0.717) is 4.57 Å². The number of alkyl halides is 1. The van der Waals surface area contributed by atoms with Gasteiger partial charge in [0.15, 0.2) is 12.4 Å². The van der Waals surface area contributed by atoms with Gasteiger partial charge in [0.1, 0.15) is 18.0 Å². The molecule has 2 heterocycles. The van der Waals surface area contributed by atoms with Crippen molar-refractivity contribution >= 4 is 41.2 Å². The standard InChI is InChI=1S/C16H26FN4O16P3/c17-12-13(25)9(7-34-39(30,31)37-40(32,33)36-38(27,28)29)35-15(12)21-6-8(14(18)20-16(21)26)2-1-5-19-10(22)3-4-11(23)24/h6,9,12-13,15,25H,1-5,7H2,(H,19,22)(H,23,24)(H,30,31)(H,32,33)(H2,18,20,26)(H2,27,28,29)/t9-,12-,13-,15-/m1/s1. The number of aliphatic hydroxyl groups excluding tert-OH is 1. The number of carboxylic acid groups (broad SMARTS) is 1. The third-order valence-corrected chi connectivity index (χ3v) is 8.76. The van der Waals surface area contributed by atoms with Gasteiger partial charge >= 0.3 is 35.1 Å². The van der Waals surface area contributed by atoms with E-state index in [9.17, 15) is 42.5 Å². The molecule has 0 bridgehead atoms. The summed E-state index contributed by atoms with van der Waals surface area (Å²) < 4.78 is 66.0. The van der Waals surface area contributed by atoms with Crippen molar-refractivity contribution < 1.29 is 75.3 Å². The molecule has 24 heteroatoms. The number of aliphatic carboxylic acids is 1. The summed E-state index contributed by atoms with van der Waals surface area (Å²) in [5.74, 6) is -1.87. The molecule has 9 N–H and O–H groups in total. The molecule has 1 aliphatic heterocycles. The molecular formula is C16H26FN4O16P3. The maximum Gasteiger partial charge on any atom is 0.490 e. The van der Waals surface area contributed by atoms with Crippen LogP contribution in [-0.4, -0.2) is 82.7 Å². The molecule has 1 saturated heterocycles. The number of carboxylic acids is 1. The van der Waals surface area contributed by atoms with Crippen molar-refractivity contribution in [1.82, 2.24) is 14.9 Å². The number of nitrogens with one attached hydrogen (secondary N) is 1. The number of nitrogen functional groups attached to an aromatic ring is 1. The molecule has 2 unspecified atom stereocenters.